The van der Waals surface area contributed by atoms with Crippen LogP contribution in [-0.2, 0) is 34.1 Å². The van der Waals surface area contributed by atoms with Crippen LogP contribution in [0.1, 0.15) is 91.0 Å². The average molecular weight is 823 g/mol. The summed E-state index contributed by atoms with van der Waals surface area (Å²) >= 11 is 0. The van der Waals surface area contributed by atoms with Gasteiger partial charge in [-0.3, -0.25) is 19.1 Å². The van der Waals surface area contributed by atoms with Crippen LogP contribution < -0.4 is 11.2 Å². The first-order valence-corrected chi connectivity index (χ1v) is 28.7. The highest BCUT2D eigenvalue weighted by molar-refractivity contribution is 6.75. The molecule has 10 nitrogen and oxygen atoms in total. The van der Waals surface area contributed by atoms with Gasteiger partial charge in [-0.1, -0.05) is 111 Å². The Balaban J connectivity index is 1.49. The van der Waals surface area contributed by atoms with Crippen LogP contribution in [0.4, 0.5) is 0 Å². The minimum Gasteiger partial charge on any atom is -0.463 e. The molecular formula is C43H66N2O8Si3. The van der Waals surface area contributed by atoms with E-state index >= 15 is 0 Å². The molecule has 3 aromatic rings. The zero-order valence-electron chi connectivity index (χ0n) is 36.4. The molecule has 1 fully saturated rings. The van der Waals surface area contributed by atoms with Gasteiger partial charge in [0.2, 0.25) is 0 Å². The van der Waals surface area contributed by atoms with Crippen molar-refractivity contribution in [3.63, 3.8) is 0 Å². The van der Waals surface area contributed by atoms with Crippen LogP contribution >= 0.6 is 0 Å². The Bertz CT molecular complexity index is 1970. The van der Waals surface area contributed by atoms with Gasteiger partial charge in [0, 0.05) is 12.1 Å². The fourth-order valence-electron chi connectivity index (χ4n) is 6.57. The predicted octanol–water partition coefficient (Wildman–Crippen LogP) is 9.13. The molecule has 5 rings (SSSR count). The molecule has 13 heteroatoms. The van der Waals surface area contributed by atoms with E-state index in [0.29, 0.717) is 0 Å². The van der Waals surface area contributed by atoms with E-state index in [1.807, 2.05) is 24.3 Å². The van der Waals surface area contributed by atoms with Gasteiger partial charge in [-0.15, -0.1) is 0 Å². The van der Waals surface area contributed by atoms with E-state index in [1.165, 1.54) is 10.8 Å². The summed E-state index contributed by atoms with van der Waals surface area (Å²) in [7, 11) is -7.15. The molecule has 0 spiro atoms. The summed E-state index contributed by atoms with van der Waals surface area (Å²) in [5, 5.41) is -0.321. The number of nitrogens with one attached hydrogen (secondary N) is 1. The van der Waals surface area contributed by atoms with Gasteiger partial charge < -0.3 is 22.8 Å². The summed E-state index contributed by atoms with van der Waals surface area (Å²) < 4.78 is 35.2. The summed E-state index contributed by atoms with van der Waals surface area (Å²) in [5.41, 5.74) is 3.33. The molecule has 0 bridgehead atoms. The number of esters is 1. The van der Waals surface area contributed by atoms with Gasteiger partial charge in [-0.25, -0.2) is 4.79 Å². The molecular weight excluding hydrogens is 757 g/mol. The van der Waals surface area contributed by atoms with E-state index < -0.39 is 66.6 Å². The minimum atomic E-state index is -2.50. The van der Waals surface area contributed by atoms with Crippen molar-refractivity contribution in [2.24, 2.45) is 0 Å². The van der Waals surface area contributed by atoms with E-state index in [-0.39, 0.29) is 46.4 Å². The van der Waals surface area contributed by atoms with Crippen LogP contribution in [0.2, 0.25) is 54.4 Å². The third-order valence-corrected chi connectivity index (χ3v) is 26.7. The van der Waals surface area contributed by atoms with Gasteiger partial charge in [-0.05, 0) is 76.7 Å². The number of rotatable bonds is 12. The number of hydrogen-bond acceptors (Lipinski definition) is 8. The Labute approximate surface area is 337 Å². The van der Waals surface area contributed by atoms with E-state index in [9.17, 15) is 14.4 Å². The van der Waals surface area contributed by atoms with Gasteiger partial charge >= 0.3 is 11.7 Å². The number of carbonyl (C=O) groups is 1. The third-order valence-electron chi connectivity index (χ3n) is 13.2. The fraction of sp³-hybridized carbons (Fsp3) is 0.605. The number of aromatic amines is 1. The van der Waals surface area contributed by atoms with E-state index in [0.717, 1.165) is 22.3 Å². The maximum Gasteiger partial charge on any atom is 0.328 e. The molecule has 4 atom stereocenters. The van der Waals surface area contributed by atoms with Gasteiger partial charge in [-0.2, -0.15) is 0 Å². The number of H-pyrrole nitrogens is 1. The normalized spacial score (nSPS) is 20.9. The lowest BCUT2D eigenvalue weighted by molar-refractivity contribution is -0.144. The molecule has 308 valence electrons. The van der Waals surface area contributed by atoms with Gasteiger partial charge in [0.1, 0.15) is 37.6 Å². The van der Waals surface area contributed by atoms with Crippen molar-refractivity contribution in [2.75, 3.05) is 13.2 Å². The second-order valence-electron chi connectivity index (χ2n) is 20.2. The Kier molecular flexibility index (Phi) is 12.4. The first kappa shape index (κ1) is 44.2. The number of fused-ring (bicyclic) bond motifs is 3. The molecule has 0 saturated carbocycles. The molecule has 2 unspecified atom stereocenters. The molecule has 1 N–H and O–H groups in total. The summed E-state index contributed by atoms with van der Waals surface area (Å²) in [5.74, 6) is -0.717. The zero-order valence-corrected chi connectivity index (χ0v) is 39.4. The number of carbonyl (C=O) groups excluding carboxylic acids is 1. The van der Waals surface area contributed by atoms with E-state index in [2.05, 4.69) is 131 Å². The minimum absolute atomic E-state index is 0.0381. The first-order chi connectivity index (χ1) is 25.6. The second kappa shape index (κ2) is 15.7. The molecule has 2 aromatic carbocycles. The SMILES string of the molecule is CC(C)(C)[Si](C)(C)OC[C@H]1O[C@@H](c2cn(CC(=O)OCC3c4ccccc4-c4ccccc43)c(=O)[nH]c2=O)C(O[Si](C)(C)C(C)(C)C)C1O[Si](C)(C)C(C)(C)C. The van der Waals surface area contributed by atoms with Crippen molar-refractivity contribution in [1.29, 1.82) is 0 Å². The quantitative estimate of drug-likeness (QED) is 0.142. The molecule has 2 aliphatic rings. The maximum atomic E-state index is 13.8. The Hall–Kier alpha value is -2.92. The monoisotopic (exact) mass is 822 g/mol. The number of ether oxygens (including phenoxy) is 2. The third kappa shape index (κ3) is 9.03. The lowest BCUT2D eigenvalue weighted by atomic mass is 9.98. The smallest absolute Gasteiger partial charge is 0.328 e. The number of hydrogen-bond donors (Lipinski definition) is 1. The van der Waals surface area contributed by atoms with Gasteiger partial charge in [0.25, 0.3) is 5.56 Å². The van der Waals surface area contributed by atoms with E-state index in [1.54, 1.807) is 0 Å². The van der Waals surface area contributed by atoms with Crippen molar-refractivity contribution < 1.29 is 27.5 Å². The van der Waals surface area contributed by atoms with Crippen LogP contribution in [0.5, 0.6) is 0 Å². The number of aromatic nitrogens is 2. The van der Waals surface area contributed by atoms with Crippen LogP contribution in [-0.4, -0.2) is 72.0 Å². The molecule has 0 radical (unpaired) electrons. The summed E-state index contributed by atoms with van der Waals surface area (Å²) in [6.45, 7) is 32.9. The molecule has 1 aliphatic heterocycles. The molecule has 0 amide bonds. The number of nitrogens with zero attached hydrogens (tertiary/aromatic N) is 1. The zero-order chi connectivity index (χ0) is 41.8. The van der Waals surface area contributed by atoms with Crippen LogP contribution in [0.25, 0.3) is 11.1 Å². The van der Waals surface area contributed by atoms with Crippen molar-refractivity contribution in [2.45, 2.75) is 154 Å². The highest BCUT2D eigenvalue weighted by atomic mass is 28.4. The fourth-order valence-corrected chi connectivity index (χ4v) is 10.2. The lowest BCUT2D eigenvalue weighted by Crippen LogP contribution is -2.54. The van der Waals surface area contributed by atoms with Crippen molar-refractivity contribution >= 4 is 30.9 Å². The van der Waals surface area contributed by atoms with Crippen LogP contribution in [0.15, 0.2) is 64.3 Å². The van der Waals surface area contributed by atoms with Crippen molar-refractivity contribution in [1.82, 2.24) is 9.55 Å². The van der Waals surface area contributed by atoms with Crippen LogP contribution in [0.3, 0.4) is 0 Å². The molecule has 1 saturated heterocycles. The highest BCUT2D eigenvalue weighted by Crippen LogP contribution is 2.48. The first-order valence-electron chi connectivity index (χ1n) is 20.0. The average Bonchev–Trinajstić information content (AvgIpc) is 3.56. The molecule has 1 aromatic heterocycles. The molecule has 2 heterocycles. The van der Waals surface area contributed by atoms with Crippen molar-refractivity contribution in [3.8, 4) is 11.1 Å². The Morgan fingerprint density at radius 1 is 0.696 bits per heavy atom. The number of benzene rings is 2. The molecule has 1 aliphatic carbocycles. The molecule has 56 heavy (non-hydrogen) atoms. The Morgan fingerprint density at radius 2 is 1.18 bits per heavy atom. The predicted molar refractivity (Wildman–Crippen MR) is 231 cm³/mol. The largest absolute Gasteiger partial charge is 0.463 e. The summed E-state index contributed by atoms with van der Waals surface area (Å²) in [6, 6.07) is 16.3. The topological polar surface area (TPSA) is 118 Å². The lowest BCUT2D eigenvalue weighted by Gasteiger charge is -2.44. The Morgan fingerprint density at radius 3 is 1.68 bits per heavy atom. The highest BCUT2D eigenvalue weighted by Gasteiger charge is 2.55. The summed E-state index contributed by atoms with van der Waals surface area (Å²) in [4.78, 5) is 43.1. The second-order valence-corrected chi connectivity index (χ2v) is 34.6. The van der Waals surface area contributed by atoms with Crippen LogP contribution in [0, 0.1) is 0 Å². The van der Waals surface area contributed by atoms with Crippen molar-refractivity contribution in [3.05, 3.63) is 92.3 Å². The standard InChI is InChI=1S/C43H66N2O8Si3/c1-41(2,3)54(10,11)50-27-34-37(52-55(12,13)42(4,5)6)38(53-56(14,15)43(7,8)9)36(51-34)32-24-45(40(48)44-39(32)47)25-35(46)49-26-33-30-22-18-16-20-28(30)29-21-17-19-23-31(29)33/h16-24,33-34,36-38H,25-27H2,1-15H3,(H,44,47,48)/t34-,36+,37?,38?/m1/s1. The van der Waals surface area contributed by atoms with E-state index in [4.69, 9.17) is 22.8 Å². The summed E-state index contributed by atoms with van der Waals surface area (Å²) in [6.07, 6.45) is -1.25. The van der Waals surface area contributed by atoms with Gasteiger partial charge in [0.05, 0.1) is 12.2 Å². The van der Waals surface area contributed by atoms with Gasteiger partial charge in [0.15, 0.2) is 25.0 Å². The maximum absolute atomic E-state index is 13.8.